The van der Waals surface area contributed by atoms with Gasteiger partial charge in [-0.2, -0.15) is 18.3 Å². The van der Waals surface area contributed by atoms with Crippen LogP contribution in [0, 0.1) is 13.8 Å². The maximum Gasteiger partial charge on any atom is 0.416 e. The predicted octanol–water partition coefficient (Wildman–Crippen LogP) is 3.42. The second-order valence-electron chi connectivity index (χ2n) is 5.16. The number of amides is 1. The summed E-state index contributed by atoms with van der Waals surface area (Å²) in [5, 5.41) is 3.81. The maximum atomic E-state index is 12.6. The summed E-state index contributed by atoms with van der Waals surface area (Å²) in [5.74, 6) is -0.697. The number of hydrazone groups is 1. The van der Waals surface area contributed by atoms with E-state index < -0.39 is 17.6 Å². The number of nitrogens with zero attached hydrogens (tertiary/aromatic N) is 2. The van der Waals surface area contributed by atoms with Gasteiger partial charge in [0, 0.05) is 29.6 Å². The summed E-state index contributed by atoms with van der Waals surface area (Å²) in [6.07, 6.45) is -3.02. The van der Waals surface area contributed by atoms with Crippen molar-refractivity contribution >= 4 is 12.1 Å². The first-order chi connectivity index (χ1) is 10.7. The molecule has 23 heavy (non-hydrogen) atoms. The first-order valence-corrected chi connectivity index (χ1v) is 6.83. The summed E-state index contributed by atoms with van der Waals surface area (Å²) in [7, 11) is 1.91. The molecule has 0 aliphatic heterocycles. The minimum Gasteiger partial charge on any atom is -0.352 e. The molecule has 2 rings (SSSR count). The lowest BCUT2D eigenvalue weighted by Crippen LogP contribution is -2.18. The van der Waals surface area contributed by atoms with Gasteiger partial charge in [0.1, 0.15) is 0 Å². The van der Waals surface area contributed by atoms with Crippen molar-refractivity contribution < 1.29 is 18.0 Å². The van der Waals surface area contributed by atoms with Crippen LogP contribution in [0.2, 0.25) is 0 Å². The van der Waals surface area contributed by atoms with E-state index in [0.717, 1.165) is 29.1 Å². The maximum absolute atomic E-state index is 12.6. The Labute approximate surface area is 131 Å². The highest BCUT2D eigenvalue weighted by Gasteiger charge is 2.30. The zero-order chi connectivity index (χ0) is 17.2. The largest absolute Gasteiger partial charge is 0.416 e. The molecule has 0 saturated carbocycles. The van der Waals surface area contributed by atoms with Crippen molar-refractivity contribution in [2.24, 2.45) is 12.1 Å². The van der Waals surface area contributed by atoms with Gasteiger partial charge in [-0.05, 0) is 38.1 Å². The molecule has 4 nitrogen and oxygen atoms in total. The van der Waals surface area contributed by atoms with Crippen LogP contribution in [0.25, 0.3) is 0 Å². The average Bonchev–Trinajstić information content (AvgIpc) is 2.74. The van der Waals surface area contributed by atoms with Crippen LogP contribution in [0.5, 0.6) is 0 Å². The molecule has 2 aromatic rings. The fraction of sp³-hybridized carbons (Fsp3) is 0.250. The summed E-state index contributed by atoms with van der Waals surface area (Å²) < 4.78 is 39.8. The Morgan fingerprint density at radius 3 is 2.52 bits per heavy atom. The van der Waals surface area contributed by atoms with Gasteiger partial charge in [-0.1, -0.05) is 6.07 Å². The van der Waals surface area contributed by atoms with Crippen molar-refractivity contribution in [3.63, 3.8) is 0 Å². The molecular formula is C16H16F3N3O. The minimum absolute atomic E-state index is 0.0991. The van der Waals surface area contributed by atoms with E-state index in [2.05, 4.69) is 10.5 Å². The molecule has 122 valence electrons. The van der Waals surface area contributed by atoms with Crippen LogP contribution in [0.4, 0.5) is 13.2 Å². The third-order valence-electron chi connectivity index (χ3n) is 3.64. The van der Waals surface area contributed by atoms with Crippen LogP contribution < -0.4 is 5.43 Å². The number of carbonyl (C=O) groups excluding carboxylic acids is 1. The molecular weight excluding hydrogens is 307 g/mol. The molecule has 0 bridgehead atoms. The van der Waals surface area contributed by atoms with Gasteiger partial charge in [0.05, 0.1) is 11.8 Å². The Morgan fingerprint density at radius 1 is 1.26 bits per heavy atom. The molecule has 0 fully saturated rings. The van der Waals surface area contributed by atoms with E-state index in [1.807, 2.05) is 31.5 Å². The van der Waals surface area contributed by atoms with E-state index in [-0.39, 0.29) is 5.56 Å². The van der Waals surface area contributed by atoms with Crippen molar-refractivity contribution in [1.29, 1.82) is 0 Å². The molecule has 1 heterocycles. The number of aromatic nitrogens is 1. The first kappa shape index (κ1) is 16.8. The van der Waals surface area contributed by atoms with E-state index in [1.165, 1.54) is 18.3 Å². The third-order valence-corrected chi connectivity index (χ3v) is 3.64. The Hall–Kier alpha value is -2.57. The zero-order valence-corrected chi connectivity index (χ0v) is 12.9. The van der Waals surface area contributed by atoms with Gasteiger partial charge in [-0.15, -0.1) is 0 Å². The van der Waals surface area contributed by atoms with Crippen LogP contribution in [-0.2, 0) is 13.2 Å². The third kappa shape index (κ3) is 3.80. The van der Waals surface area contributed by atoms with Crippen LogP contribution >= 0.6 is 0 Å². The van der Waals surface area contributed by atoms with Gasteiger partial charge in [0.15, 0.2) is 0 Å². The summed E-state index contributed by atoms with van der Waals surface area (Å²) in [5.41, 5.74) is 4.10. The monoisotopic (exact) mass is 323 g/mol. The summed E-state index contributed by atoms with van der Waals surface area (Å²) in [4.78, 5) is 11.9. The van der Waals surface area contributed by atoms with Gasteiger partial charge in [-0.25, -0.2) is 5.43 Å². The zero-order valence-electron chi connectivity index (χ0n) is 12.9. The molecule has 0 radical (unpaired) electrons. The number of carbonyl (C=O) groups is 1. The van der Waals surface area contributed by atoms with Crippen LogP contribution in [0.15, 0.2) is 35.4 Å². The van der Waals surface area contributed by atoms with Crippen LogP contribution in [-0.4, -0.2) is 16.7 Å². The lowest BCUT2D eigenvalue weighted by atomic mass is 10.1. The van der Waals surface area contributed by atoms with Crippen molar-refractivity contribution in [2.45, 2.75) is 20.0 Å². The van der Waals surface area contributed by atoms with Crippen LogP contribution in [0.1, 0.15) is 32.9 Å². The number of rotatable bonds is 3. The van der Waals surface area contributed by atoms with E-state index >= 15 is 0 Å². The molecule has 7 heteroatoms. The van der Waals surface area contributed by atoms with Crippen molar-refractivity contribution in [3.05, 3.63) is 58.4 Å². The van der Waals surface area contributed by atoms with E-state index in [9.17, 15) is 18.0 Å². The van der Waals surface area contributed by atoms with Gasteiger partial charge in [0.2, 0.25) is 0 Å². The fourth-order valence-electron chi connectivity index (χ4n) is 2.08. The van der Waals surface area contributed by atoms with E-state index in [0.29, 0.717) is 0 Å². The predicted molar refractivity (Wildman–Crippen MR) is 81.4 cm³/mol. The van der Waals surface area contributed by atoms with Gasteiger partial charge in [-0.3, -0.25) is 4.79 Å². The van der Waals surface area contributed by atoms with E-state index in [1.54, 1.807) is 0 Å². The average molecular weight is 323 g/mol. The highest BCUT2D eigenvalue weighted by Crippen LogP contribution is 2.29. The number of aryl methyl sites for hydroxylation is 1. The minimum atomic E-state index is -4.49. The lowest BCUT2D eigenvalue weighted by molar-refractivity contribution is -0.137. The number of hydrogen-bond acceptors (Lipinski definition) is 2. The molecule has 0 aliphatic carbocycles. The van der Waals surface area contributed by atoms with Gasteiger partial charge in [0.25, 0.3) is 5.91 Å². The molecule has 0 atom stereocenters. The molecule has 0 spiro atoms. The molecule has 1 N–H and O–H groups in total. The summed E-state index contributed by atoms with van der Waals surface area (Å²) in [6, 6.07) is 6.10. The second-order valence-corrected chi connectivity index (χ2v) is 5.16. The first-order valence-electron chi connectivity index (χ1n) is 6.83. The second kappa shape index (κ2) is 6.28. The van der Waals surface area contributed by atoms with Crippen molar-refractivity contribution in [2.75, 3.05) is 0 Å². The Morgan fingerprint density at radius 2 is 1.96 bits per heavy atom. The SMILES string of the molecule is Cc1cc(/C=N\NC(=O)c2cccc(C(F)(F)F)c2)c(C)n1C. The topological polar surface area (TPSA) is 46.4 Å². The fourth-order valence-corrected chi connectivity index (χ4v) is 2.08. The highest BCUT2D eigenvalue weighted by atomic mass is 19.4. The quantitative estimate of drug-likeness (QED) is 0.683. The Kier molecular flexibility index (Phi) is 4.58. The summed E-state index contributed by atoms with van der Waals surface area (Å²) in [6.45, 7) is 3.84. The molecule has 1 aromatic heterocycles. The number of nitrogens with one attached hydrogen (secondary N) is 1. The molecule has 0 saturated heterocycles. The van der Waals surface area contributed by atoms with E-state index in [4.69, 9.17) is 0 Å². The van der Waals surface area contributed by atoms with Gasteiger partial charge >= 0.3 is 6.18 Å². The lowest BCUT2D eigenvalue weighted by Gasteiger charge is -2.07. The molecule has 0 aliphatic rings. The number of hydrogen-bond donors (Lipinski definition) is 1. The number of benzene rings is 1. The standard InChI is InChI=1S/C16H16F3N3O/c1-10-7-13(11(2)22(10)3)9-20-21-15(23)12-5-4-6-14(8-12)16(17,18)19/h4-9H,1-3H3,(H,21,23)/b20-9-. The Balaban J connectivity index is 2.11. The molecule has 1 amide bonds. The number of alkyl halides is 3. The Bertz CT molecular complexity index is 760. The smallest absolute Gasteiger partial charge is 0.352 e. The highest BCUT2D eigenvalue weighted by molar-refractivity contribution is 5.95. The van der Waals surface area contributed by atoms with Crippen molar-refractivity contribution in [3.8, 4) is 0 Å². The molecule has 1 aromatic carbocycles. The number of halogens is 3. The summed E-state index contributed by atoms with van der Waals surface area (Å²) >= 11 is 0. The van der Waals surface area contributed by atoms with Gasteiger partial charge < -0.3 is 4.57 Å². The van der Waals surface area contributed by atoms with Crippen LogP contribution in [0.3, 0.4) is 0 Å². The van der Waals surface area contributed by atoms with Crippen molar-refractivity contribution in [1.82, 2.24) is 9.99 Å². The normalized spacial score (nSPS) is 11.9. The molecule has 0 unspecified atom stereocenters.